The van der Waals surface area contributed by atoms with Crippen molar-refractivity contribution in [2.75, 3.05) is 13.2 Å². The van der Waals surface area contributed by atoms with E-state index >= 15 is 0 Å². The average molecular weight is 319 g/mol. The Morgan fingerprint density at radius 2 is 2.04 bits per heavy atom. The van der Waals surface area contributed by atoms with Gasteiger partial charge in [-0.3, -0.25) is 0 Å². The van der Waals surface area contributed by atoms with Crippen molar-refractivity contribution in [3.8, 4) is 5.75 Å². The molecule has 0 atom stereocenters. The van der Waals surface area contributed by atoms with Gasteiger partial charge in [0.05, 0.1) is 12.2 Å². The molecule has 1 aromatic carbocycles. The van der Waals surface area contributed by atoms with Gasteiger partial charge in [-0.15, -0.1) is 0 Å². The van der Waals surface area contributed by atoms with Crippen molar-refractivity contribution < 1.29 is 19.2 Å². The molecule has 8 nitrogen and oxygen atoms in total. The fourth-order valence-electron chi connectivity index (χ4n) is 2.05. The highest BCUT2D eigenvalue weighted by Gasteiger charge is 2.17. The standard InChI is InChI=1S/C15H17N3O5/c1-3-22-13-6-4-12(5-7-13)15(19)23-9-8-17-11(2)16-10-14(17)18(20)21/h4-7,10H,3,8-9H2,1-2H3. The van der Waals surface area contributed by atoms with E-state index in [1.165, 1.54) is 10.8 Å². The molecule has 0 aliphatic heterocycles. The molecule has 0 saturated heterocycles. The highest BCUT2D eigenvalue weighted by Crippen LogP contribution is 2.15. The molecule has 23 heavy (non-hydrogen) atoms. The zero-order chi connectivity index (χ0) is 16.8. The SMILES string of the molecule is CCOc1ccc(C(=O)OCCn2c([N+](=O)[O-])cnc2C)cc1. The van der Waals surface area contributed by atoms with Gasteiger partial charge in [0.25, 0.3) is 0 Å². The van der Waals surface area contributed by atoms with Crippen molar-refractivity contribution in [1.82, 2.24) is 9.55 Å². The minimum Gasteiger partial charge on any atom is -0.494 e. The van der Waals surface area contributed by atoms with Crippen LogP contribution in [-0.2, 0) is 11.3 Å². The molecule has 0 bridgehead atoms. The normalized spacial score (nSPS) is 10.3. The average Bonchev–Trinajstić information content (AvgIpc) is 2.89. The lowest BCUT2D eigenvalue weighted by molar-refractivity contribution is -0.392. The number of benzene rings is 1. The van der Waals surface area contributed by atoms with Crippen LogP contribution < -0.4 is 4.74 Å². The van der Waals surface area contributed by atoms with Crippen LogP contribution in [0, 0.1) is 17.0 Å². The van der Waals surface area contributed by atoms with Crippen molar-refractivity contribution in [2.45, 2.75) is 20.4 Å². The summed E-state index contributed by atoms with van der Waals surface area (Å²) in [5.74, 6) is 0.551. The first-order chi connectivity index (χ1) is 11.0. The monoisotopic (exact) mass is 319 g/mol. The molecule has 0 unspecified atom stereocenters. The maximum Gasteiger partial charge on any atom is 0.342 e. The lowest BCUT2D eigenvalue weighted by Gasteiger charge is -2.06. The molecule has 0 aliphatic carbocycles. The summed E-state index contributed by atoms with van der Waals surface area (Å²) in [5, 5.41) is 10.9. The summed E-state index contributed by atoms with van der Waals surface area (Å²) in [6.07, 6.45) is 1.18. The van der Waals surface area contributed by atoms with Gasteiger partial charge in [-0.05, 0) is 36.1 Å². The molecule has 2 aromatic rings. The van der Waals surface area contributed by atoms with Crippen LogP contribution in [0.1, 0.15) is 23.1 Å². The zero-order valence-corrected chi connectivity index (χ0v) is 12.9. The van der Waals surface area contributed by atoms with E-state index in [1.807, 2.05) is 6.92 Å². The molecule has 8 heteroatoms. The summed E-state index contributed by atoms with van der Waals surface area (Å²) in [7, 11) is 0. The smallest absolute Gasteiger partial charge is 0.342 e. The minimum atomic E-state index is -0.520. The third kappa shape index (κ3) is 4.06. The molecule has 1 heterocycles. The fraction of sp³-hybridized carbons (Fsp3) is 0.333. The molecule has 0 fully saturated rings. The lowest BCUT2D eigenvalue weighted by atomic mass is 10.2. The fourth-order valence-corrected chi connectivity index (χ4v) is 2.05. The number of rotatable bonds is 7. The Hall–Kier alpha value is -2.90. The van der Waals surface area contributed by atoms with E-state index in [0.717, 1.165) is 0 Å². The van der Waals surface area contributed by atoms with Crippen LogP contribution in [0.5, 0.6) is 5.75 Å². The first-order valence-electron chi connectivity index (χ1n) is 7.09. The Morgan fingerprint density at radius 3 is 2.65 bits per heavy atom. The van der Waals surface area contributed by atoms with Crippen LogP contribution in [-0.4, -0.2) is 33.7 Å². The Morgan fingerprint density at radius 1 is 1.35 bits per heavy atom. The first kappa shape index (κ1) is 16.5. The van der Waals surface area contributed by atoms with Gasteiger partial charge in [0, 0.05) is 6.92 Å². The summed E-state index contributed by atoms with van der Waals surface area (Å²) in [6.45, 7) is 4.27. The van der Waals surface area contributed by atoms with Gasteiger partial charge in [0.15, 0.2) is 5.82 Å². The molecular formula is C15H17N3O5. The Balaban J connectivity index is 1.92. The van der Waals surface area contributed by atoms with Gasteiger partial charge in [-0.1, -0.05) is 0 Å². The molecule has 0 radical (unpaired) electrons. The zero-order valence-electron chi connectivity index (χ0n) is 12.9. The number of nitrogens with zero attached hydrogens (tertiary/aromatic N) is 3. The largest absolute Gasteiger partial charge is 0.494 e. The molecule has 122 valence electrons. The number of nitro groups is 1. The van der Waals surface area contributed by atoms with E-state index in [4.69, 9.17) is 9.47 Å². The number of carbonyl (C=O) groups is 1. The molecule has 1 aromatic heterocycles. The summed E-state index contributed by atoms with van der Waals surface area (Å²) < 4.78 is 11.8. The first-order valence-corrected chi connectivity index (χ1v) is 7.09. The predicted octanol–water partition coefficient (Wildman–Crippen LogP) is 2.36. The molecule has 0 amide bonds. The summed E-state index contributed by atoms with van der Waals surface area (Å²) >= 11 is 0. The number of esters is 1. The van der Waals surface area contributed by atoms with E-state index in [9.17, 15) is 14.9 Å². The number of aromatic nitrogens is 2. The van der Waals surface area contributed by atoms with Gasteiger partial charge in [0.1, 0.15) is 25.1 Å². The van der Waals surface area contributed by atoms with Gasteiger partial charge < -0.3 is 19.6 Å². The van der Waals surface area contributed by atoms with E-state index in [1.54, 1.807) is 31.2 Å². The van der Waals surface area contributed by atoms with Crippen LogP contribution in [0.3, 0.4) is 0 Å². The maximum atomic E-state index is 11.9. The van der Waals surface area contributed by atoms with Crippen molar-refractivity contribution in [3.63, 3.8) is 0 Å². The molecule has 2 rings (SSSR count). The van der Waals surface area contributed by atoms with Gasteiger partial charge in [-0.2, -0.15) is 0 Å². The predicted molar refractivity (Wildman–Crippen MR) is 81.5 cm³/mol. The van der Waals surface area contributed by atoms with Gasteiger partial charge in [-0.25, -0.2) is 14.3 Å². The summed E-state index contributed by atoms with van der Waals surface area (Å²) in [6, 6.07) is 6.59. The third-order valence-electron chi connectivity index (χ3n) is 3.17. The second kappa shape index (κ2) is 7.39. The lowest BCUT2D eigenvalue weighted by Crippen LogP contribution is -2.13. The van der Waals surface area contributed by atoms with E-state index in [-0.39, 0.29) is 19.0 Å². The Labute approximate surface area is 132 Å². The number of ether oxygens (including phenoxy) is 2. The maximum absolute atomic E-state index is 11.9. The van der Waals surface area contributed by atoms with E-state index in [0.29, 0.717) is 23.7 Å². The van der Waals surface area contributed by atoms with Crippen LogP contribution in [0.25, 0.3) is 0 Å². The second-order valence-corrected chi connectivity index (χ2v) is 4.67. The minimum absolute atomic E-state index is 0.0179. The van der Waals surface area contributed by atoms with Crippen molar-refractivity contribution >= 4 is 11.8 Å². The molecule has 0 N–H and O–H groups in total. The van der Waals surface area contributed by atoms with Crippen LogP contribution >= 0.6 is 0 Å². The van der Waals surface area contributed by atoms with Crippen LogP contribution in [0.2, 0.25) is 0 Å². The molecule has 0 saturated carbocycles. The Bertz CT molecular complexity index is 694. The quantitative estimate of drug-likeness (QED) is 0.441. The van der Waals surface area contributed by atoms with Crippen molar-refractivity contribution in [3.05, 3.63) is 52.0 Å². The van der Waals surface area contributed by atoms with Crippen LogP contribution in [0.4, 0.5) is 5.82 Å². The highest BCUT2D eigenvalue weighted by molar-refractivity contribution is 5.89. The van der Waals surface area contributed by atoms with Gasteiger partial charge in [0.2, 0.25) is 0 Å². The number of hydrogen-bond donors (Lipinski definition) is 0. The Kier molecular flexibility index (Phi) is 5.29. The molecule has 0 spiro atoms. The third-order valence-corrected chi connectivity index (χ3v) is 3.17. The van der Waals surface area contributed by atoms with E-state index < -0.39 is 10.9 Å². The molecule has 0 aliphatic rings. The second-order valence-electron chi connectivity index (χ2n) is 4.67. The number of aryl methyl sites for hydroxylation is 1. The summed E-state index contributed by atoms with van der Waals surface area (Å²) in [5.41, 5.74) is 0.394. The van der Waals surface area contributed by atoms with Crippen molar-refractivity contribution in [2.24, 2.45) is 0 Å². The van der Waals surface area contributed by atoms with Crippen molar-refractivity contribution in [1.29, 1.82) is 0 Å². The topological polar surface area (TPSA) is 96.5 Å². The van der Waals surface area contributed by atoms with Crippen LogP contribution in [0.15, 0.2) is 30.5 Å². The summed E-state index contributed by atoms with van der Waals surface area (Å²) in [4.78, 5) is 26.2. The highest BCUT2D eigenvalue weighted by atomic mass is 16.6. The number of hydrogen-bond acceptors (Lipinski definition) is 6. The van der Waals surface area contributed by atoms with E-state index in [2.05, 4.69) is 4.98 Å². The number of carbonyl (C=O) groups excluding carboxylic acids is 1. The molecular weight excluding hydrogens is 302 g/mol. The number of imidazole rings is 1. The van der Waals surface area contributed by atoms with Gasteiger partial charge >= 0.3 is 11.8 Å².